The van der Waals surface area contributed by atoms with Gasteiger partial charge in [0.2, 0.25) is 0 Å². The normalized spacial score (nSPS) is 32.0. The maximum absolute atomic E-state index is 3.31. The van der Waals surface area contributed by atoms with E-state index in [9.17, 15) is 0 Å². The fourth-order valence-corrected chi connectivity index (χ4v) is 1.13. The summed E-state index contributed by atoms with van der Waals surface area (Å²) in [5.41, 5.74) is 0.583. The molecule has 0 aromatic heterocycles. The van der Waals surface area contributed by atoms with E-state index in [1.807, 2.05) is 0 Å². The van der Waals surface area contributed by atoms with Crippen LogP contribution in [0.5, 0.6) is 0 Å². The van der Waals surface area contributed by atoms with Crippen LogP contribution in [0, 0.1) is 5.41 Å². The minimum atomic E-state index is 0.583. The molecule has 1 heterocycles. The van der Waals surface area contributed by atoms with Gasteiger partial charge in [0.15, 0.2) is 0 Å². The Balaban J connectivity index is 2.09. The van der Waals surface area contributed by atoms with Crippen LogP contribution in [0.4, 0.5) is 0 Å². The Morgan fingerprint density at radius 1 is 1.43 bits per heavy atom. The van der Waals surface area contributed by atoms with Gasteiger partial charge in [-0.15, -0.1) is 0 Å². The van der Waals surface area contributed by atoms with Crippen LogP contribution in [-0.4, -0.2) is 13.1 Å². The molecule has 1 saturated heterocycles. The van der Waals surface area contributed by atoms with Gasteiger partial charge in [0.1, 0.15) is 0 Å². The van der Waals surface area contributed by atoms with Crippen molar-refractivity contribution in [2.24, 2.45) is 5.41 Å². The minimum absolute atomic E-state index is 0.583. The number of nitrogens with one attached hydrogen (secondary N) is 1. The highest BCUT2D eigenvalue weighted by Gasteiger charge is 2.36. The summed E-state index contributed by atoms with van der Waals surface area (Å²) in [6, 6.07) is 0. The molecule has 7 heavy (non-hydrogen) atoms. The molecule has 2 rings (SSSR count). The third-order valence-corrected chi connectivity index (χ3v) is 1.86. The average molecular weight is 95.1 g/mol. The van der Waals surface area contributed by atoms with E-state index in [1.54, 1.807) is 0 Å². The third-order valence-electron chi connectivity index (χ3n) is 1.86. The summed E-state index contributed by atoms with van der Waals surface area (Å²) in [6.07, 6.45) is 5.94. The first-order valence-electron chi connectivity index (χ1n) is 2.82. The molecule has 0 bridgehead atoms. The molecule has 0 amide bonds. The summed E-state index contributed by atoms with van der Waals surface area (Å²) in [4.78, 5) is 0. The van der Waals surface area contributed by atoms with Gasteiger partial charge in [0, 0.05) is 12.0 Å². The van der Waals surface area contributed by atoms with Gasteiger partial charge < -0.3 is 5.32 Å². The second kappa shape index (κ2) is 0.920. The number of rotatable bonds is 0. The van der Waals surface area contributed by atoms with Gasteiger partial charge in [-0.2, -0.15) is 0 Å². The molecular weight excluding hydrogens is 86.1 g/mol. The van der Waals surface area contributed by atoms with Crippen molar-refractivity contribution >= 4 is 0 Å². The zero-order chi connectivity index (χ0) is 4.74. The highest BCUT2D eigenvalue weighted by atomic mass is 14.9. The summed E-state index contributed by atoms with van der Waals surface area (Å²) in [7, 11) is 0. The molecule has 1 aliphatic heterocycles. The summed E-state index contributed by atoms with van der Waals surface area (Å²) in [5.74, 6) is 0. The van der Waals surface area contributed by atoms with Crippen molar-refractivity contribution in [3.8, 4) is 0 Å². The number of hydrogen-bond donors (Lipinski definition) is 1. The van der Waals surface area contributed by atoms with Crippen molar-refractivity contribution in [2.45, 2.75) is 6.42 Å². The van der Waals surface area contributed by atoms with Crippen LogP contribution in [0.15, 0.2) is 12.2 Å². The SMILES string of the molecule is C1=CC12CCNC2. The highest BCUT2D eigenvalue weighted by molar-refractivity contribution is 5.28. The van der Waals surface area contributed by atoms with Crippen molar-refractivity contribution in [3.05, 3.63) is 12.2 Å². The summed E-state index contributed by atoms with van der Waals surface area (Å²) >= 11 is 0. The van der Waals surface area contributed by atoms with Gasteiger partial charge in [-0.25, -0.2) is 0 Å². The van der Waals surface area contributed by atoms with Crippen LogP contribution in [0.1, 0.15) is 6.42 Å². The van der Waals surface area contributed by atoms with E-state index in [0.29, 0.717) is 5.41 Å². The highest BCUT2D eigenvalue weighted by Crippen LogP contribution is 2.39. The lowest BCUT2D eigenvalue weighted by molar-refractivity contribution is 0.641. The molecule has 0 atom stereocenters. The first kappa shape index (κ1) is 3.67. The third kappa shape index (κ3) is 0.416. The predicted octanol–water partition coefficient (Wildman–Crippen LogP) is 0.536. The standard InChI is InChI=1S/C6H9N/c1-2-6(1)3-4-7-5-6/h1-2,7H,3-5H2. The Kier molecular flexibility index (Phi) is 0.482. The van der Waals surface area contributed by atoms with E-state index in [1.165, 1.54) is 19.5 Å². The van der Waals surface area contributed by atoms with Crippen LogP contribution >= 0.6 is 0 Å². The second-order valence-corrected chi connectivity index (χ2v) is 2.49. The van der Waals surface area contributed by atoms with Gasteiger partial charge in [-0.1, -0.05) is 12.2 Å². The van der Waals surface area contributed by atoms with Gasteiger partial charge in [0.25, 0.3) is 0 Å². The first-order chi connectivity index (χ1) is 3.41. The Bertz CT molecular complexity index is 101. The molecule has 1 spiro atoms. The minimum Gasteiger partial charge on any atom is -0.316 e. The lowest BCUT2D eigenvalue weighted by Gasteiger charge is -1.98. The Labute approximate surface area is 43.4 Å². The maximum atomic E-state index is 3.31. The van der Waals surface area contributed by atoms with Gasteiger partial charge in [-0.05, 0) is 13.0 Å². The molecule has 2 aliphatic rings. The fourth-order valence-electron chi connectivity index (χ4n) is 1.13. The molecular formula is C6H9N. The Morgan fingerprint density at radius 2 is 2.29 bits per heavy atom. The molecule has 1 aliphatic carbocycles. The Hall–Kier alpha value is -0.300. The average Bonchev–Trinajstić information content (AvgIpc) is 2.15. The Morgan fingerprint density at radius 3 is 2.57 bits per heavy atom. The van der Waals surface area contributed by atoms with E-state index in [0.717, 1.165) is 0 Å². The van der Waals surface area contributed by atoms with E-state index in [2.05, 4.69) is 17.5 Å². The molecule has 0 saturated carbocycles. The lowest BCUT2D eigenvalue weighted by atomic mass is 10.1. The van der Waals surface area contributed by atoms with Crippen LogP contribution in [0.2, 0.25) is 0 Å². The molecule has 38 valence electrons. The monoisotopic (exact) mass is 95.1 g/mol. The largest absolute Gasteiger partial charge is 0.316 e. The molecule has 0 aromatic rings. The first-order valence-corrected chi connectivity index (χ1v) is 2.82. The molecule has 1 fully saturated rings. The van der Waals surface area contributed by atoms with Crippen molar-refractivity contribution in [1.82, 2.24) is 5.32 Å². The van der Waals surface area contributed by atoms with Crippen molar-refractivity contribution < 1.29 is 0 Å². The summed E-state index contributed by atoms with van der Waals surface area (Å²) in [6.45, 7) is 2.42. The lowest BCUT2D eigenvalue weighted by Crippen LogP contribution is -2.09. The van der Waals surface area contributed by atoms with Gasteiger partial charge >= 0.3 is 0 Å². The second-order valence-electron chi connectivity index (χ2n) is 2.49. The zero-order valence-corrected chi connectivity index (χ0v) is 4.28. The van der Waals surface area contributed by atoms with Crippen molar-refractivity contribution in [3.63, 3.8) is 0 Å². The summed E-state index contributed by atoms with van der Waals surface area (Å²) < 4.78 is 0. The predicted molar refractivity (Wildman–Crippen MR) is 29.1 cm³/mol. The number of hydrogen-bond acceptors (Lipinski definition) is 1. The molecule has 1 N–H and O–H groups in total. The molecule has 0 unspecified atom stereocenters. The maximum Gasteiger partial charge on any atom is 0.0199 e. The quantitative estimate of drug-likeness (QED) is 0.433. The van der Waals surface area contributed by atoms with Crippen molar-refractivity contribution in [1.29, 1.82) is 0 Å². The van der Waals surface area contributed by atoms with Gasteiger partial charge in [-0.3, -0.25) is 0 Å². The van der Waals surface area contributed by atoms with E-state index < -0.39 is 0 Å². The molecule has 1 heteroatoms. The van der Waals surface area contributed by atoms with Crippen LogP contribution in [0.3, 0.4) is 0 Å². The van der Waals surface area contributed by atoms with Crippen molar-refractivity contribution in [2.75, 3.05) is 13.1 Å². The van der Waals surface area contributed by atoms with E-state index in [4.69, 9.17) is 0 Å². The summed E-state index contributed by atoms with van der Waals surface area (Å²) in [5, 5.41) is 3.31. The smallest absolute Gasteiger partial charge is 0.0199 e. The molecule has 1 nitrogen and oxygen atoms in total. The molecule has 0 radical (unpaired) electrons. The fraction of sp³-hybridized carbons (Fsp3) is 0.667. The zero-order valence-electron chi connectivity index (χ0n) is 4.28. The van der Waals surface area contributed by atoms with Crippen LogP contribution in [0.25, 0.3) is 0 Å². The van der Waals surface area contributed by atoms with E-state index >= 15 is 0 Å². The van der Waals surface area contributed by atoms with Gasteiger partial charge in [0.05, 0.1) is 0 Å². The van der Waals surface area contributed by atoms with Crippen LogP contribution in [-0.2, 0) is 0 Å². The topological polar surface area (TPSA) is 12.0 Å². The van der Waals surface area contributed by atoms with E-state index in [-0.39, 0.29) is 0 Å². The van der Waals surface area contributed by atoms with Crippen LogP contribution < -0.4 is 5.32 Å². The molecule has 0 aromatic carbocycles.